The van der Waals surface area contributed by atoms with Crippen molar-refractivity contribution in [2.75, 3.05) is 0 Å². The molecule has 5 heteroatoms. The molecule has 0 bridgehead atoms. The van der Waals surface area contributed by atoms with E-state index in [1.807, 2.05) is 0 Å². The topological polar surface area (TPSA) is 125 Å². The molecule has 3 aliphatic rings. The SMILES string of the molecule is C1CC2OC2C1.N.N[C@H]1CCCC1O.O. The molecule has 3 rings (SSSR count). The summed E-state index contributed by atoms with van der Waals surface area (Å²) >= 11 is 0. The summed E-state index contributed by atoms with van der Waals surface area (Å²) in [6.07, 6.45) is 8.31. The maximum atomic E-state index is 8.87. The Balaban J connectivity index is 0.000000231. The van der Waals surface area contributed by atoms with Gasteiger partial charge < -0.3 is 27.2 Å². The number of aliphatic hydroxyl groups excluding tert-OH is 1. The molecule has 92 valence electrons. The lowest BCUT2D eigenvalue weighted by molar-refractivity contribution is 0.165. The second-order valence-corrected chi connectivity index (χ2v) is 4.31. The lowest BCUT2D eigenvalue weighted by atomic mass is 10.2. The van der Waals surface area contributed by atoms with Crippen LogP contribution in [0.4, 0.5) is 0 Å². The minimum absolute atomic E-state index is 0. The number of ether oxygens (including phenoxy) is 1. The molecule has 5 nitrogen and oxygen atoms in total. The van der Waals surface area contributed by atoms with Crippen LogP contribution in [-0.4, -0.2) is 34.9 Å². The van der Waals surface area contributed by atoms with Crippen LogP contribution in [0.3, 0.4) is 0 Å². The number of fused-ring (bicyclic) bond motifs is 1. The molecule has 1 saturated heterocycles. The summed E-state index contributed by atoms with van der Waals surface area (Å²) in [7, 11) is 0. The Morgan fingerprint density at radius 1 is 1.00 bits per heavy atom. The molecule has 0 aromatic rings. The number of hydrogen-bond acceptors (Lipinski definition) is 4. The average Bonchev–Trinajstić information content (AvgIpc) is 2.53. The van der Waals surface area contributed by atoms with E-state index in [2.05, 4.69) is 0 Å². The highest BCUT2D eigenvalue weighted by Crippen LogP contribution is 2.37. The Morgan fingerprint density at radius 2 is 1.53 bits per heavy atom. The summed E-state index contributed by atoms with van der Waals surface area (Å²) in [5.74, 6) is 0. The van der Waals surface area contributed by atoms with E-state index < -0.39 is 0 Å². The molecule has 0 aromatic heterocycles. The van der Waals surface area contributed by atoms with Crippen molar-refractivity contribution in [3.63, 3.8) is 0 Å². The molecule has 8 N–H and O–H groups in total. The van der Waals surface area contributed by atoms with Crippen molar-refractivity contribution in [1.82, 2.24) is 6.15 Å². The second kappa shape index (κ2) is 6.40. The van der Waals surface area contributed by atoms with Crippen molar-refractivity contribution in [3.8, 4) is 0 Å². The Kier molecular flexibility index (Phi) is 6.31. The quantitative estimate of drug-likeness (QED) is 0.502. The van der Waals surface area contributed by atoms with Gasteiger partial charge in [-0.05, 0) is 38.5 Å². The first-order valence-electron chi connectivity index (χ1n) is 5.36. The molecule has 0 aromatic carbocycles. The Labute approximate surface area is 90.9 Å². The summed E-state index contributed by atoms with van der Waals surface area (Å²) in [6.45, 7) is 0. The van der Waals surface area contributed by atoms with Gasteiger partial charge >= 0.3 is 0 Å². The molecular weight excluding hydrogens is 196 g/mol. The van der Waals surface area contributed by atoms with Gasteiger partial charge in [-0.2, -0.15) is 0 Å². The molecule has 15 heavy (non-hydrogen) atoms. The number of epoxide rings is 1. The van der Waals surface area contributed by atoms with Gasteiger partial charge in [0.1, 0.15) is 0 Å². The van der Waals surface area contributed by atoms with Gasteiger partial charge in [-0.25, -0.2) is 0 Å². The summed E-state index contributed by atoms with van der Waals surface area (Å²) in [6, 6.07) is 0.0694. The lowest BCUT2D eigenvalue weighted by Crippen LogP contribution is -2.28. The van der Waals surface area contributed by atoms with Gasteiger partial charge in [-0.15, -0.1) is 0 Å². The minimum atomic E-state index is -0.208. The van der Waals surface area contributed by atoms with E-state index in [1.165, 1.54) is 19.3 Å². The van der Waals surface area contributed by atoms with Gasteiger partial charge in [0, 0.05) is 6.04 Å². The van der Waals surface area contributed by atoms with Crippen LogP contribution in [-0.2, 0) is 4.74 Å². The van der Waals surface area contributed by atoms with Gasteiger partial charge in [0.2, 0.25) is 0 Å². The first kappa shape index (κ1) is 14.8. The van der Waals surface area contributed by atoms with E-state index in [0.717, 1.165) is 19.3 Å². The van der Waals surface area contributed by atoms with Crippen LogP contribution >= 0.6 is 0 Å². The normalized spacial score (nSPS) is 40.4. The molecule has 1 aliphatic heterocycles. The third-order valence-electron chi connectivity index (χ3n) is 3.20. The van der Waals surface area contributed by atoms with E-state index in [0.29, 0.717) is 12.2 Å². The highest BCUT2D eigenvalue weighted by atomic mass is 16.6. The molecule has 0 spiro atoms. The molecule has 2 aliphatic carbocycles. The first-order valence-corrected chi connectivity index (χ1v) is 5.36. The summed E-state index contributed by atoms with van der Waals surface area (Å²) in [5.41, 5.74) is 5.43. The van der Waals surface area contributed by atoms with Crippen molar-refractivity contribution >= 4 is 0 Å². The fraction of sp³-hybridized carbons (Fsp3) is 1.00. The summed E-state index contributed by atoms with van der Waals surface area (Å²) in [4.78, 5) is 0. The Morgan fingerprint density at radius 3 is 1.67 bits per heavy atom. The van der Waals surface area contributed by atoms with Gasteiger partial charge in [-0.1, -0.05) is 0 Å². The fourth-order valence-corrected chi connectivity index (χ4v) is 2.18. The van der Waals surface area contributed by atoms with Gasteiger partial charge in [0.05, 0.1) is 18.3 Å². The van der Waals surface area contributed by atoms with Crippen molar-refractivity contribution < 1.29 is 15.3 Å². The van der Waals surface area contributed by atoms with Crippen LogP contribution in [0.25, 0.3) is 0 Å². The first-order chi connectivity index (χ1) is 6.27. The maximum absolute atomic E-state index is 8.87. The van der Waals surface area contributed by atoms with Crippen LogP contribution < -0.4 is 11.9 Å². The summed E-state index contributed by atoms with van der Waals surface area (Å²) < 4.78 is 5.15. The van der Waals surface area contributed by atoms with Crippen LogP contribution in [0, 0.1) is 0 Å². The van der Waals surface area contributed by atoms with Gasteiger partial charge in [-0.3, -0.25) is 0 Å². The summed E-state index contributed by atoms with van der Waals surface area (Å²) in [5, 5.41) is 8.87. The number of nitrogens with two attached hydrogens (primary N) is 1. The van der Waals surface area contributed by atoms with Crippen LogP contribution in [0.2, 0.25) is 0 Å². The highest BCUT2D eigenvalue weighted by Gasteiger charge is 2.42. The zero-order chi connectivity index (χ0) is 9.26. The maximum Gasteiger partial charge on any atom is 0.0841 e. The molecule has 0 amide bonds. The van der Waals surface area contributed by atoms with Crippen LogP contribution in [0.5, 0.6) is 0 Å². The predicted octanol–water partition coefficient (Wildman–Crippen LogP) is 0.133. The average molecular weight is 220 g/mol. The molecule has 3 fully saturated rings. The second-order valence-electron chi connectivity index (χ2n) is 4.31. The van der Waals surface area contributed by atoms with Crippen molar-refractivity contribution in [2.45, 2.75) is 62.9 Å². The minimum Gasteiger partial charge on any atom is -0.412 e. The lowest BCUT2D eigenvalue weighted by Gasteiger charge is -2.04. The van der Waals surface area contributed by atoms with Crippen LogP contribution in [0.15, 0.2) is 0 Å². The van der Waals surface area contributed by atoms with Crippen molar-refractivity contribution in [2.24, 2.45) is 5.73 Å². The predicted molar refractivity (Wildman–Crippen MR) is 59.0 cm³/mol. The standard InChI is InChI=1S/C5H11NO.C5H8O.H3N.H2O/c6-4-2-1-3-5(4)7;1-2-4-5(3-1)6-4;;/h4-5,7H,1-3,6H2;4-5H,1-3H2;1H3;1H2/t4-,5?;;;/m0.../s1. The molecule has 0 radical (unpaired) electrons. The van der Waals surface area contributed by atoms with Crippen molar-refractivity contribution in [1.29, 1.82) is 0 Å². The van der Waals surface area contributed by atoms with Crippen LogP contribution in [0.1, 0.15) is 38.5 Å². The third-order valence-corrected chi connectivity index (χ3v) is 3.20. The Hall–Kier alpha value is -0.200. The number of rotatable bonds is 0. The van der Waals surface area contributed by atoms with E-state index in [1.54, 1.807) is 0 Å². The van der Waals surface area contributed by atoms with Gasteiger partial charge in [0.25, 0.3) is 0 Å². The fourth-order valence-electron chi connectivity index (χ4n) is 2.18. The molecular formula is C10H24N2O3. The largest absolute Gasteiger partial charge is 0.412 e. The van der Waals surface area contributed by atoms with Crippen molar-refractivity contribution in [3.05, 3.63) is 0 Å². The van der Waals surface area contributed by atoms with E-state index in [-0.39, 0.29) is 23.8 Å². The number of hydrogen-bond donors (Lipinski definition) is 3. The van der Waals surface area contributed by atoms with E-state index >= 15 is 0 Å². The molecule has 4 atom stereocenters. The van der Waals surface area contributed by atoms with E-state index in [9.17, 15) is 0 Å². The smallest absolute Gasteiger partial charge is 0.0841 e. The zero-order valence-electron chi connectivity index (χ0n) is 9.19. The zero-order valence-corrected chi connectivity index (χ0v) is 9.19. The third kappa shape index (κ3) is 4.04. The Bertz CT molecular complexity index is 164. The molecule has 3 unspecified atom stereocenters. The molecule has 2 saturated carbocycles. The number of aliphatic hydroxyl groups is 1. The van der Waals surface area contributed by atoms with E-state index in [4.69, 9.17) is 15.6 Å². The highest BCUT2D eigenvalue weighted by molar-refractivity contribution is 4.90. The monoisotopic (exact) mass is 220 g/mol. The van der Waals surface area contributed by atoms with Gasteiger partial charge in [0.15, 0.2) is 0 Å². The molecule has 1 heterocycles.